The van der Waals surface area contributed by atoms with Gasteiger partial charge in [-0.15, -0.1) is 0 Å². The highest BCUT2D eigenvalue weighted by molar-refractivity contribution is 4.92. The van der Waals surface area contributed by atoms with Crippen LogP contribution in [0, 0.1) is 5.92 Å². The van der Waals surface area contributed by atoms with Crippen molar-refractivity contribution in [2.24, 2.45) is 5.92 Å². The summed E-state index contributed by atoms with van der Waals surface area (Å²) in [7, 11) is 0. The molecule has 0 radical (unpaired) electrons. The van der Waals surface area contributed by atoms with E-state index in [1.807, 2.05) is 13.8 Å². The van der Waals surface area contributed by atoms with Gasteiger partial charge in [0.25, 0.3) is 0 Å². The largest absolute Gasteiger partial charge is 0.393 e. The molecule has 1 nitrogen and oxygen atoms in total. The van der Waals surface area contributed by atoms with Gasteiger partial charge in [0.2, 0.25) is 0 Å². The Labute approximate surface area is 70.1 Å². The molecule has 11 heavy (non-hydrogen) atoms. The normalized spacial score (nSPS) is 13.3. The van der Waals surface area contributed by atoms with Crippen LogP contribution in [0.3, 0.4) is 0 Å². The molecule has 0 saturated carbocycles. The highest BCUT2D eigenvalue weighted by Gasteiger charge is 2.06. The summed E-state index contributed by atoms with van der Waals surface area (Å²) in [5, 5.41) is 9.41. The van der Waals surface area contributed by atoms with Gasteiger partial charge < -0.3 is 5.11 Å². The molecule has 1 atom stereocenters. The Morgan fingerprint density at radius 3 is 2.27 bits per heavy atom. The SMILES string of the molecule is CC(C)=CCC[C@H](O)C(C)C. The third-order valence-corrected chi connectivity index (χ3v) is 1.78. The van der Waals surface area contributed by atoms with Gasteiger partial charge in [0.1, 0.15) is 0 Å². The van der Waals surface area contributed by atoms with E-state index in [1.54, 1.807) is 0 Å². The minimum Gasteiger partial charge on any atom is -0.393 e. The van der Waals surface area contributed by atoms with Crippen LogP contribution in [0.15, 0.2) is 11.6 Å². The third-order valence-electron chi connectivity index (χ3n) is 1.78. The Morgan fingerprint density at radius 1 is 1.36 bits per heavy atom. The van der Waals surface area contributed by atoms with Crippen LogP contribution in [-0.2, 0) is 0 Å². The zero-order chi connectivity index (χ0) is 8.85. The molecule has 0 fully saturated rings. The van der Waals surface area contributed by atoms with Gasteiger partial charge in [-0.2, -0.15) is 0 Å². The predicted molar refractivity (Wildman–Crippen MR) is 49.5 cm³/mol. The second kappa shape index (κ2) is 5.36. The summed E-state index contributed by atoms with van der Waals surface area (Å²) >= 11 is 0. The van der Waals surface area contributed by atoms with Crippen molar-refractivity contribution in [2.45, 2.75) is 46.6 Å². The molecule has 0 aromatic rings. The lowest BCUT2D eigenvalue weighted by Gasteiger charge is -2.12. The molecule has 0 rings (SSSR count). The van der Waals surface area contributed by atoms with Crippen LogP contribution in [-0.4, -0.2) is 11.2 Å². The lowest BCUT2D eigenvalue weighted by molar-refractivity contribution is 0.117. The van der Waals surface area contributed by atoms with Crippen molar-refractivity contribution >= 4 is 0 Å². The Kier molecular flexibility index (Phi) is 5.22. The molecule has 0 aliphatic carbocycles. The molecule has 0 amide bonds. The van der Waals surface area contributed by atoms with Crippen molar-refractivity contribution < 1.29 is 5.11 Å². The number of rotatable bonds is 4. The monoisotopic (exact) mass is 156 g/mol. The van der Waals surface area contributed by atoms with Gasteiger partial charge in [-0.05, 0) is 32.6 Å². The molecule has 0 spiro atoms. The lowest BCUT2D eigenvalue weighted by atomic mass is 10.0. The van der Waals surface area contributed by atoms with Gasteiger partial charge in [-0.1, -0.05) is 25.5 Å². The van der Waals surface area contributed by atoms with Crippen LogP contribution in [0.4, 0.5) is 0 Å². The van der Waals surface area contributed by atoms with E-state index in [2.05, 4.69) is 19.9 Å². The van der Waals surface area contributed by atoms with E-state index in [9.17, 15) is 5.11 Å². The molecule has 0 aliphatic rings. The number of hydrogen-bond acceptors (Lipinski definition) is 1. The first-order chi connectivity index (χ1) is 5.04. The molecule has 0 aromatic carbocycles. The fourth-order valence-electron chi connectivity index (χ4n) is 0.876. The molecule has 0 aromatic heterocycles. The maximum absolute atomic E-state index is 9.41. The van der Waals surface area contributed by atoms with Gasteiger partial charge >= 0.3 is 0 Å². The summed E-state index contributed by atoms with van der Waals surface area (Å²) in [6.07, 6.45) is 3.93. The quantitative estimate of drug-likeness (QED) is 0.620. The minimum atomic E-state index is -0.134. The molecule has 0 heterocycles. The minimum absolute atomic E-state index is 0.134. The first-order valence-corrected chi connectivity index (χ1v) is 4.35. The average molecular weight is 156 g/mol. The Hall–Kier alpha value is -0.300. The van der Waals surface area contributed by atoms with Crippen LogP contribution in [0.2, 0.25) is 0 Å². The van der Waals surface area contributed by atoms with E-state index in [1.165, 1.54) is 5.57 Å². The fourth-order valence-corrected chi connectivity index (χ4v) is 0.876. The number of allylic oxidation sites excluding steroid dienone is 2. The number of aliphatic hydroxyl groups is 1. The second-order valence-corrected chi connectivity index (χ2v) is 3.67. The molecule has 0 aliphatic heterocycles. The molecule has 1 heteroatoms. The number of aliphatic hydroxyl groups excluding tert-OH is 1. The Morgan fingerprint density at radius 2 is 1.91 bits per heavy atom. The van der Waals surface area contributed by atoms with Gasteiger partial charge in [-0.25, -0.2) is 0 Å². The van der Waals surface area contributed by atoms with E-state index in [0.717, 1.165) is 12.8 Å². The van der Waals surface area contributed by atoms with Crippen LogP contribution in [0.25, 0.3) is 0 Å². The summed E-state index contributed by atoms with van der Waals surface area (Å²) in [5.74, 6) is 0.389. The van der Waals surface area contributed by atoms with Crippen LogP contribution in [0.5, 0.6) is 0 Å². The smallest absolute Gasteiger partial charge is 0.0566 e. The first kappa shape index (κ1) is 10.7. The molecular formula is C10H20O. The maximum atomic E-state index is 9.41. The van der Waals surface area contributed by atoms with Gasteiger partial charge in [0.15, 0.2) is 0 Å². The Bertz CT molecular complexity index is 121. The molecule has 1 N–H and O–H groups in total. The van der Waals surface area contributed by atoms with Gasteiger partial charge in [0, 0.05) is 0 Å². The summed E-state index contributed by atoms with van der Waals surface area (Å²) in [6, 6.07) is 0. The summed E-state index contributed by atoms with van der Waals surface area (Å²) in [5.41, 5.74) is 1.33. The Balaban J connectivity index is 3.47. The molecule has 0 bridgehead atoms. The van der Waals surface area contributed by atoms with Crippen molar-refractivity contribution in [3.63, 3.8) is 0 Å². The first-order valence-electron chi connectivity index (χ1n) is 4.35. The molecule has 66 valence electrons. The topological polar surface area (TPSA) is 20.2 Å². The average Bonchev–Trinajstić information content (AvgIpc) is 1.86. The third kappa shape index (κ3) is 6.11. The zero-order valence-corrected chi connectivity index (χ0v) is 8.09. The van der Waals surface area contributed by atoms with Crippen molar-refractivity contribution in [2.75, 3.05) is 0 Å². The summed E-state index contributed by atoms with van der Waals surface area (Å²) < 4.78 is 0. The molecule has 0 saturated heterocycles. The number of hydrogen-bond donors (Lipinski definition) is 1. The summed E-state index contributed by atoms with van der Waals surface area (Å²) in [4.78, 5) is 0. The van der Waals surface area contributed by atoms with Gasteiger partial charge in [-0.3, -0.25) is 0 Å². The van der Waals surface area contributed by atoms with E-state index in [4.69, 9.17) is 0 Å². The van der Waals surface area contributed by atoms with Crippen molar-refractivity contribution in [1.82, 2.24) is 0 Å². The highest BCUT2D eigenvalue weighted by atomic mass is 16.3. The molecule has 0 unspecified atom stereocenters. The summed E-state index contributed by atoms with van der Waals surface area (Å²) in [6.45, 7) is 8.27. The fraction of sp³-hybridized carbons (Fsp3) is 0.800. The predicted octanol–water partition coefficient (Wildman–Crippen LogP) is 2.75. The molecular weight excluding hydrogens is 136 g/mol. The van der Waals surface area contributed by atoms with Crippen molar-refractivity contribution in [1.29, 1.82) is 0 Å². The zero-order valence-electron chi connectivity index (χ0n) is 8.09. The van der Waals surface area contributed by atoms with E-state index in [0.29, 0.717) is 5.92 Å². The van der Waals surface area contributed by atoms with E-state index < -0.39 is 0 Å². The van der Waals surface area contributed by atoms with E-state index >= 15 is 0 Å². The second-order valence-electron chi connectivity index (χ2n) is 3.67. The lowest BCUT2D eigenvalue weighted by Crippen LogP contribution is -2.13. The van der Waals surface area contributed by atoms with Crippen molar-refractivity contribution in [3.8, 4) is 0 Å². The van der Waals surface area contributed by atoms with E-state index in [-0.39, 0.29) is 6.10 Å². The maximum Gasteiger partial charge on any atom is 0.0566 e. The van der Waals surface area contributed by atoms with Crippen LogP contribution in [0.1, 0.15) is 40.5 Å². The van der Waals surface area contributed by atoms with Gasteiger partial charge in [0.05, 0.1) is 6.10 Å². The highest BCUT2D eigenvalue weighted by Crippen LogP contribution is 2.09. The van der Waals surface area contributed by atoms with Crippen LogP contribution >= 0.6 is 0 Å². The van der Waals surface area contributed by atoms with Crippen molar-refractivity contribution in [3.05, 3.63) is 11.6 Å². The standard InChI is InChI=1S/C10H20O/c1-8(2)6-5-7-10(11)9(3)4/h6,9-11H,5,7H2,1-4H3/t10-/m0/s1. The van der Waals surface area contributed by atoms with Crippen LogP contribution < -0.4 is 0 Å².